The first-order chi connectivity index (χ1) is 26.3. The Bertz CT molecular complexity index is 2980. The lowest BCUT2D eigenvalue weighted by Crippen LogP contribution is -2.23. The summed E-state index contributed by atoms with van der Waals surface area (Å²) in [5.74, 6) is 0. The minimum atomic E-state index is 0.00958. The van der Waals surface area contributed by atoms with E-state index in [1.807, 2.05) is 0 Å². The summed E-state index contributed by atoms with van der Waals surface area (Å²) in [6.45, 7) is 0. The fourth-order valence-corrected chi connectivity index (χ4v) is 8.37. The van der Waals surface area contributed by atoms with Crippen LogP contribution in [-0.2, 0) is 0 Å². The van der Waals surface area contributed by atoms with Gasteiger partial charge in [-0.1, -0.05) is 121 Å². The molecule has 0 saturated heterocycles. The van der Waals surface area contributed by atoms with Gasteiger partial charge in [-0.3, -0.25) is 0 Å². The summed E-state index contributed by atoms with van der Waals surface area (Å²) >= 11 is 0. The SMILES string of the molecule is c1ccc(-c2ccc3c(c2)c2ccccc2n3-c2ccc3c(c2)oc2cccc(-c4ccc(N5c6ccccc6NC5c5ccccc5)cc4)c23)cc1. The number of nitrogens with zero attached hydrogens (tertiary/aromatic N) is 2. The second kappa shape index (κ2) is 11.8. The third kappa shape index (κ3) is 4.69. The van der Waals surface area contributed by atoms with Gasteiger partial charge in [-0.2, -0.15) is 0 Å². The van der Waals surface area contributed by atoms with Gasteiger partial charge < -0.3 is 19.2 Å². The minimum absolute atomic E-state index is 0.00958. The van der Waals surface area contributed by atoms with Gasteiger partial charge >= 0.3 is 0 Å². The van der Waals surface area contributed by atoms with Gasteiger partial charge in [-0.05, 0) is 88.5 Å². The molecule has 11 rings (SSSR count). The van der Waals surface area contributed by atoms with Gasteiger partial charge in [-0.15, -0.1) is 0 Å². The molecule has 2 aromatic heterocycles. The van der Waals surface area contributed by atoms with Crippen LogP contribution in [0.5, 0.6) is 0 Å². The maximum Gasteiger partial charge on any atom is 0.137 e. The summed E-state index contributed by atoms with van der Waals surface area (Å²) in [6.07, 6.45) is 0.00958. The predicted octanol–water partition coefficient (Wildman–Crippen LogP) is 13.3. The van der Waals surface area contributed by atoms with Gasteiger partial charge in [0.25, 0.3) is 0 Å². The molecular formula is C49H33N3O. The molecule has 250 valence electrons. The summed E-state index contributed by atoms with van der Waals surface area (Å²) < 4.78 is 8.99. The van der Waals surface area contributed by atoms with Crippen LogP contribution in [0.1, 0.15) is 11.7 Å². The summed E-state index contributed by atoms with van der Waals surface area (Å²) in [5, 5.41) is 8.45. The third-order valence-electron chi connectivity index (χ3n) is 10.8. The summed E-state index contributed by atoms with van der Waals surface area (Å²) in [5.41, 5.74) is 14.6. The van der Waals surface area contributed by atoms with Crippen molar-refractivity contribution < 1.29 is 4.42 Å². The summed E-state index contributed by atoms with van der Waals surface area (Å²) in [7, 11) is 0. The lowest BCUT2D eigenvalue weighted by atomic mass is 9.99. The van der Waals surface area contributed by atoms with Crippen LogP contribution >= 0.6 is 0 Å². The predicted molar refractivity (Wildman–Crippen MR) is 220 cm³/mol. The molecule has 0 saturated carbocycles. The smallest absolute Gasteiger partial charge is 0.137 e. The van der Waals surface area contributed by atoms with Gasteiger partial charge in [0, 0.05) is 39.0 Å². The molecule has 0 amide bonds. The standard InChI is InChI=1S/C49H33N3O/c1-3-12-32(13-4-1)35-24-29-44-41(30-35)39-16-7-9-19-43(39)51(44)37-27-28-40-47(31-37)53-46-21-11-17-38(48(40)46)33-22-25-36(26-23-33)52-45-20-10-8-18-42(45)50-49(52)34-14-5-2-6-15-34/h1-31,49-50H. The Kier molecular flexibility index (Phi) is 6.58. The first-order valence-corrected chi connectivity index (χ1v) is 18.1. The van der Waals surface area contributed by atoms with Crippen LogP contribution in [0.3, 0.4) is 0 Å². The highest BCUT2D eigenvalue weighted by molar-refractivity contribution is 6.14. The Balaban J connectivity index is 1.000. The van der Waals surface area contributed by atoms with Crippen molar-refractivity contribution in [1.29, 1.82) is 0 Å². The van der Waals surface area contributed by atoms with Crippen molar-refractivity contribution in [2.24, 2.45) is 0 Å². The zero-order chi connectivity index (χ0) is 34.9. The van der Waals surface area contributed by atoms with Crippen molar-refractivity contribution in [2.45, 2.75) is 6.17 Å². The van der Waals surface area contributed by atoms with Gasteiger partial charge in [0.1, 0.15) is 17.3 Å². The van der Waals surface area contributed by atoms with Crippen molar-refractivity contribution in [3.63, 3.8) is 0 Å². The number of para-hydroxylation sites is 3. The van der Waals surface area contributed by atoms with Crippen molar-refractivity contribution in [2.75, 3.05) is 10.2 Å². The van der Waals surface area contributed by atoms with Crippen LogP contribution in [0.2, 0.25) is 0 Å². The maximum atomic E-state index is 6.63. The highest BCUT2D eigenvalue weighted by Crippen LogP contribution is 2.47. The van der Waals surface area contributed by atoms with E-state index in [-0.39, 0.29) is 6.17 Å². The molecule has 1 aliphatic heterocycles. The molecule has 0 radical (unpaired) electrons. The molecular weight excluding hydrogens is 647 g/mol. The molecule has 1 N–H and O–H groups in total. The van der Waals surface area contributed by atoms with Crippen LogP contribution in [0.4, 0.5) is 17.1 Å². The van der Waals surface area contributed by atoms with E-state index >= 15 is 0 Å². The first kappa shape index (κ1) is 29.7. The van der Waals surface area contributed by atoms with E-state index in [2.05, 4.69) is 203 Å². The third-order valence-corrected chi connectivity index (χ3v) is 10.8. The highest BCUT2D eigenvalue weighted by atomic mass is 16.3. The second-order valence-electron chi connectivity index (χ2n) is 13.8. The number of rotatable bonds is 5. The van der Waals surface area contributed by atoms with Gasteiger partial charge in [0.15, 0.2) is 0 Å². The molecule has 0 fully saturated rings. The molecule has 4 heteroatoms. The average Bonchev–Trinajstić information content (AvgIpc) is 3.91. The molecule has 1 unspecified atom stereocenters. The Morgan fingerprint density at radius 2 is 1.17 bits per heavy atom. The zero-order valence-corrected chi connectivity index (χ0v) is 28.8. The number of benzene rings is 8. The van der Waals surface area contributed by atoms with Crippen LogP contribution in [-0.4, -0.2) is 4.57 Å². The number of hydrogen-bond donors (Lipinski definition) is 1. The summed E-state index contributed by atoms with van der Waals surface area (Å²) in [4.78, 5) is 2.39. The van der Waals surface area contributed by atoms with Gasteiger partial charge in [0.05, 0.1) is 22.4 Å². The van der Waals surface area contributed by atoms with E-state index in [0.717, 1.165) is 50.1 Å². The minimum Gasteiger partial charge on any atom is -0.456 e. The van der Waals surface area contributed by atoms with Crippen molar-refractivity contribution in [3.05, 3.63) is 194 Å². The Labute approximate surface area is 306 Å². The van der Waals surface area contributed by atoms with E-state index in [1.54, 1.807) is 0 Å². The number of fused-ring (bicyclic) bond motifs is 7. The molecule has 3 heterocycles. The Hall–Kier alpha value is -7.04. The number of anilines is 3. The molecule has 1 aliphatic rings. The fourth-order valence-electron chi connectivity index (χ4n) is 8.37. The second-order valence-corrected chi connectivity index (χ2v) is 13.8. The molecule has 10 aromatic rings. The van der Waals surface area contributed by atoms with E-state index in [1.165, 1.54) is 44.2 Å². The molecule has 0 spiro atoms. The molecule has 53 heavy (non-hydrogen) atoms. The Morgan fingerprint density at radius 1 is 0.453 bits per heavy atom. The summed E-state index contributed by atoms with van der Waals surface area (Å²) in [6, 6.07) is 67.2. The van der Waals surface area contributed by atoms with Crippen LogP contribution in [0, 0.1) is 0 Å². The van der Waals surface area contributed by atoms with Crippen LogP contribution in [0.25, 0.3) is 71.7 Å². The van der Waals surface area contributed by atoms with E-state index in [9.17, 15) is 0 Å². The average molecular weight is 680 g/mol. The van der Waals surface area contributed by atoms with Gasteiger partial charge in [0.2, 0.25) is 0 Å². The number of aromatic nitrogens is 1. The van der Waals surface area contributed by atoms with Crippen molar-refractivity contribution >= 4 is 60.8 Å². The fraction of sp³-hybridized carbons (Fsp3) is 0.0204. The quantitative estimate of drug-likeness (QED) is 0.197. The lowest BCUT2D eigenvalue weighted by molar-refractivity contribution is 0.668. The van der Waals surface area contributed by atoms with Crippen molar-refractivity contribution in [3.8, 4) is 27.9 Å². The molecule has 0 bridgehead atoms. The van der Waals surface area contributed by atoms with Crippen molar-refractivity contribution in [1.82, 2.24) is 4.57 Å². The highest BCUT2D eigenvalue weighted by Gasteiger charge is 2.31. The van der Waals surface area contributed by atoms with E-state index < -0.39 is 0 Å². The maximum absolute atomic E-state index is 6.63. The molecule has 4 nitrogen and oxygen atoms in total. The number of nitrogens with one attached hydrogen (secondary N) is 1. The van der Waals surface area contributed by atoms with E-state index in [4.69, 9.17) is 4.42 Å². The molecule has 8 aromatic carbocycles. The lowest BCUT2D eigenvalue weighted by Gasteiger charge is -2.27. The van der Waals surface area contributed by atoms with Crippen LogP contribution < -0.4 is 10.2 Å². The molecule has 1 atom stereocenters. The Morgan fingerprint density at radius 3 is 2.04 bits per heavy atom. The van der Waals surface area contributed by atoms with E-state index in [0.29, 0.717) is 0 Å². The largest absolute Gasteiger partial charge is 0.456 e. The molecule has 0 aliphatic carbocycles. The topological polar surface area (TPSA) is 33.3 Å². The van der Waals surface area contributed by atoms with Gasteiger partial charge in [-0.25, -0.2) is 0 Å². The monoisotopic (exact) mass is 679 g/mol. The first-order valence-electron chi connectivity index (χ1n) is 18.1. The zero-order valence-electron chi connectivity index (χ0n) is 28.8. The number of furan rings is 1. The van der Waals surface area contributed by atoms with Crippen LogP contribution in [0.15, 0.2) is 192 Å². The number of hydrogen-bond acceptors (Lipinski definition) is 3. The normalized spacial score (nSPS) is 14.0.